The minimum Gasteiger partial charge on any atom is -0.748 e. The highest BCUT2D eigenvalue weighted by atomic mass is 32.2. The Kier molecular flexibility index (Phi) is 5.63. The molecule has 0 saturated heterocycles. The Labute approximate surface area is 140 Å². The Bertz CT molecular complexity index is 798. The molecule has 1 N–H and O–H groups in total. The van der Waals surface area contributed by atoms with Gasteiger partial charge in [0.15, 0.2) is 0 Å². The second-order valence-electron chi connectivity index (χ2n) is 4.76. The summed E-state index contributed by atoms with van der Waals surface area (Å²) in [5.74, 6) is -7.48. The van der Waals surface area contributed by atoms with Crippen molar-refractivity contribution in [2.45, 2.75) is 18.0 Å². The molecule has 0 aliphatic heterocycles. The highest BCUT2D eigenvalue weighted by Crippen LogP contribution is 2.47. The summed E-state index contributed by atoms with van der Waals surface area (Å²) < 4.78 is 113. The van der Waals surface area contributed by atoms with E-state index in [1.165, 1.54) is 0 Å². The zero-order valence-corrected chi connectivity index (χ0v) is 12.9. The number of benzene rings is 1. The summed E-state index contributed by atoms with van der Waals surface area (Å²) in [6, 6.07) is 3.17. The van der Waals surface area contributed by atoms with E-state index < -0.39 is 56.9 Å². The molecule has 26 heavy (non-hydrogen) atoms. The molecule has 0 atom stereocenters. The molecule has 0 aromatic heterocycles. The molecule has 146 valence electrons. The standard InChI is InChI=1S/C12H8F6O7S/c13-11(14,15)10(12(16,17)18,5-26(22,23)24)25-9(21)7-4-2-1-3-6(7)8(19)20/h1-4H,5H2,(H,19,20)(H,22,23,24)/p-1. The van der Waals surface area contributed by atoms with Gasteiger partial charge in [0.25, 0.3) is 0 Å². The van der Waals surface area contributed by atoms with Gasteiger partial charge < -0.3 is 14.4 Å². The molecule has 0 fully saturated rings. The molecule has 0 amide bonds. The third kappa shape index (κ3) is 4.43. The minimum absolute atomic E-state index is 0.551. The molecule has 7 nitrogen and oxygen atoms in total. The molecule has 0 aliphatic rings. The molecule has 1 rings (SSSR count). The van der Waals surface area contributed by atoms with Gasteiger partial charge in [0.05, 0.1) is 27.0 Å². The van der Waals surface area contributed by atoms with Crippen LogP contribution in [0.5, 0.6) is 0 Å². The number of halogens is 6. The number of hydrogen-bond donors (Lipinski definition) is 1. The molecule has 0 spiro atoms. The first-order valence-corrected chi connectivity index (χ1v) is 7.72. The second kappa shape index (κ2) is 6.75. The van der Waals surface area contributed by atoms with Gasteiger partial charge in [-0.25, -0.2) is 18.0 Å². The van der Waals surface area contributed by atoms with Crippen molar-refractivity contribution in [2.75, 3.05) is 5.75 Å². The number of carboxylic acids is 1. The average molecular weight is 409 g/mol. The van der Waals surface area contributed by atoms with Crippen molar-refractivity contribution in [3.8, 4) is 0 Å². The second-order valence-corrected chi connectivity index (χ2v) is 6.17. The van der Waals surface area contributed by atoms with Crippen molar-refractivity contribution in [1.82, 2.24) is 0 Å². The van der Waals surface area contributed by atoms with E-state index in [4.69, 9.17) is 5.11 Å². The quantitative estimate of drug-likeness (QED) is 0.448. The molecule has 0 saturated carbocycles. The third-order valence-corrected chi connectivity index (χ3v) is 3.70. The van der Waals surface area contributed by atoms with Crippen molar-refractivity contribution in [1.29, 1.82) is 0 Å². The van der Waals surface area contributed by atoms with Crippen LogP contribution in [0.3, 0.4) is 0 Å². The zero-order valence-electron chi connectivity index (χ0n) is 12.1. The van der Waals surface area contributed by atoms with E-state index in [9.17, 15) is 48.9 Å². The fourth-order valence-corrected chi connectivity index (χ4v) is 2.66. The van der Waals surface area contributed by atoms with E-state index in [2.05, 4.69) is 4.74 Å². The number of rotatable bonds is 5. The summed E-state index contributed by atoms with van der Waals surface area (Å²) in [5, 5.41) is 8.82. The lowest BCUT2D eigenvalue weighted by Crippen LogP contribution is -2.63. The summed E-state index contributed by atoms with van der Waals surface area (Å²) in [6.07, 6.45) is -13.1. The van der Waals surface area contributed by atoms with Crippen LogP contribution in [0.2, 0.25) is 0 Å². The molecule has 0 radical (unpaired) electrons. The molecule has 0 bridgehead atoms. The number of hydrogen-bond acceptors (Lipinski definition) is 6. The fourth-order valence-electron chi connectivity index (χ4n) is 1.78. The smallest absolute Gasteiger partial charge is 0.438 e. The Morgan fingerprint density at radius 1 is 1.00 bits per heavy atom. The number of carbonyl (C=O) groups excluding carboxylic acids is 1. The number of aromatic carboxylic acids is 1. The summed E-state index contributed by atoms with van der Waals surface area (Å²) in [7, 11) is -6.19. The van der Waals surface area contributed by atoms with Crippen LogP contribution >= 0.6 is 0 Å². The summed E-state index contributed by atoms with van der Waals surface area (Å²) in [4.78, 5) is 22.7. The minimum atomic E-state index is -6.55. The first kappa shape index (κ1) is 21.7. The predicted molar refractivity (Wildman–Crippen MR) is 68.2 cm³/mol. The molecule has 0 heterocycles. The van der Waals surface area contributed by atoms with E-state index in [0.717, 1.165) is 12.1 Å². The van der Waals surface area contributed by atoms with E-state index in [1.807, 2.05) is 0 Å². The number of esters is 1. The average Bonchev–Trinajstić information content (AvgIpc) is 2.42. The SMILES string of the molecule is O=C(O)c1ccccc1C(=O)OC(CS(=O)(=O)[O-])(C(F)(F)F)C(F)(F)F. The van der Waals surface area contributed by atoms with E-state index in [1.54, 1.807) is 0 Å². The van der Waals surface area contributed by atoms with Gasteiger partial charge in [-0.15, -0.1) is 0 Å². The van der Waals surface area contributed by atoms with Gasteiger partial charge in [-0.2, -0.15) is 26.3 Å². The van der Waals surface area contributed by atoms with Gasteiger partial charge in [0.1, 0.15) is 0 Å². The van der Waals surface area contributed by atoms with E-state index in [-0.39, 0.29) is 0 Å². The maximum atomic E-state index is 13.0. The van der Waals surface area contributed by atoms with Gasteiger partial charge in [-0.1, -0.05) is 12.1 Å². The molecule has 0 unspecified atom stereocenters. The number of alkyl halides is 6. The van der Waals surface area contributed by atoms with Crippen LogP contribution in [0, 0.1) is 0 Å². The molecule has 0 aliphatic carbocycles. The van der Waals surface area contributed by atoms with Crippen LogP contribution in [0.1, 0.15) is 20.7 Å². The van der Waals surface area contributed by atoms with Crippen molar-refractivity contribution in [3.05, 3.63) is 35.4 Å². The highest BCUT2D eigenvalue weighted by molar-refractivity contribution is 7.85. The summed E-state index contributed by atoms with van der Waals surface area (Å²) in [6.45, 7) is 0. The first-order valence-electron chi connectivity index (χ1n) is 6.14. The molecule has 14 heteroatoms. The Hall–Kier alpha value is -2.35. The van der Waals surface area contributed by atoms with Gasteiger partial charge in [-0.05, 0) is 12.1 Å². The highest BCUT2D eigenvalue weighted by Gasteiger charge is 2.75. The first-order chi connectivity index (χ1) is 11.5. The van der Waals surface area contributed by atoms with Gasteiger partial charge in [0, 0.05) is 0 Å². The van der Waals surface area contributed by atoms with Crippen LogP contribution in [0.25, 0.3) is 0 Å². The molecular weight excluding hydrogens is 402 g/mol. The zero-order chi connectivity index (χ0) is 20.6. The van der Waals surface area contributed by atoms with Gasteiger partial charge >= 0.3 is 29.9 Å². The summed E-state index contributed by atoms with van der Waals surface area (Å²) >= 11 is 0. The lowest BCUT2D eigenvalue weighted by Gasteiger charge is -2.36. The molecule has 1 aromatic rings. The lowest BCUT2D eigenvalue weighted by atomic mass is 10.0. The van der Waals surface area contributed by atoms with E-state index >= 15 is 0 Å². The fraction of sp³-hybridized carbons (Fsp3) is 0.333. The van der Waals surface area contributed by atoms with Crippen molar-refractivity contribution >= 4 is 22.1 Å². The molecule has 1 aromatic carbocycles. The number of ether oxygens (including phenoxy) is 1. The monoisotopic (exact) mass is 409 g/mol. The Morgan fingerprint density at radius 2 is 1.42 bits per heavy atom. The van der Waals surface area contributed by atoms with E-state index in [0.29, 0.717) is 12.1 Å². The largest absolute Gasteiger partial charge is 0.748 e. The topological polar surface area (TPSA) is 121 Å². The normalized spacial score (nSPS) is 13.3. The van der Waals surface area contributed by atoms with Gasteiger partial charge in [-0.3, -0.25) is 0 Å². The third-order valence-electron chi connectivity index (χ3n) is 2.94. The van der Waals surface area contributed by atoms with Crippen molar-refractivity contribution < 1.29 is 58.7 Å². The van der Waals surface area contributed by atoms with Crippen LogP contribution in [0.4, 0.5) is 26.3 Å². The maximum absolute atomic E-state index is 13.0. The van der Waals surface area contributed by atoms with Crippen molar-refractivity contribution in [3.63, 3.8) is 0 Å². The van der Waals surface area contributed by atoms with Crippen LogP contribution in [-0.4, -0.2) is 53.7 Å². The lowest BCUT2D eigenvalue weighted by molar-refractivity contribution is -0.356. The van der Waals surface area contributed by atoms with Crippen molar-refractivity contribution in [2.24, 2.45) is 0 Å². The Morgan fingerprint density at radius 3 is 1.77 bits per heavy atom. The maximum Gasteiger partial charge on any atom is 0.438 e. The van der Waals surface area contributed by atoms with Crippen LogP contribution in [0.15, 0.2) is 24.3 Å². The van der Waals surface area contributed by atoms with Crippen LogP contribution in [-0.2, 0) is 14.9 Å². The van der Waals surface area contributed by atoms with Gasteiger partial charge in [0.2, 0.25) is 0 Å². The number of carboxylic acid groups (broad SMARTS) is 1. The molecular formula is C12H7F6O7S-. The summed E-state index contributed by atoms with van der Waals surface area (Å²) in [5.41, 5.74) is -7.88. The number of carbonyl (C=O) groups is 2. The Balaban J connectivity index is 3.57. The predicted octanol–water partition coefficient (Wildman–Crippen LogP) is 1.95. The van der Waals surface area contributed by atoms with Crippen LogP contribution < -0.4 is 0 Å².